The molecule has 156 valence electrons. The number of halogens is 1. The molecule has 9 heteroatoms. The lowest BCUT2D eigenvalue weighted by molar-refractivity contribution is -0.384. The van der Waals surface area contributed by atoms with Crippen molar-refractivity contribution < 1.29 is 9.72 Å². The van der Waals surface area contributed by atoms with E-state index in [0.717, 1.165) is 15.8 Å². The van der Waals surface area contributed by atoms with Crippen molar-refractivity contribution in [1.82, 2.24) is 9.88 Å². The third-order valence-corrected chi connectivity index (χ3v) is 5.67. The van der Waals surface area contributed by atoms with Crippen LogP contribution in [0, 0.1) is 17.0 Å². The van der Waals surface area contributed by atoms with Gasteiger partial charge in [0.15, 0.2) is 5.13 Å². The van der Waals surface area contributed by atoms with Gasteiger partial charge in [0.25, 0.3) is 11.6 Å². The molecule has 0 atom stereocenters. The normalized spacial score (nSPS) is 11.5. The molecule has 1 amide bonds. The molecule has 0 saturated heterocycles. The van der Waals surface area contributed by atoms with Crippen LogP contribution in [-0.2, 0) is 4.79 Å². The molecule has 7 nitrogen and oxygen atoms in total. The number of anilines is 1. The number of fused-ring (bicyclic) bond motifs is 1. The molecule has 3 rings (SSSR count). The van der Waals surface area contributed by atoms with Crippen LogP contribution in [0.5, 0.6) is 0 Å². The number of aryl methyl sites for hydroxylation is 1. The molecule has 1 heterocycles. The van der Waals surface area contributed by atoms with Gasteiger partial charge < -0.3 is 4.90 Å². The van der Waals surface area contributed by atoms with Gasteiger partial charge in [-0.05, 0) is 62.5 Å². The van der Waals surface area contributed by atoms with Crippen LogP contribution < -0.4 is 4.90 Å². The summed E-state index contributed by atoms with van der Waals surface area (Å²) in [5.74, 6) is -0.210. The Hall–Kier alpha value is -2.81. The number of nitro benzene ring substituents is 1. The van der Waals surface area contributed by atoms with E-state index < -0.39 is 4.92 Å². The molecular formula is C21H21ClN4O3S. The molecule has 0 aliphatic carbocycles. The second kappa shape index (κ2) is 9.34. The maximum absolute atomic E-state index is 13.0. The molecular weight excluding hydrogens is 424 g/mol. The number of benzene rings is 2. The molecule has 0 fully saturated rings. The van der Waals surface area contributed by atoms with Crippen molar-refractivity contribution in [1.29, 1.82) is 0 Å². The van der Waals surface area contributed by atoms with E-state index >= 15 is 0 Å². The predicted octanol–water partition coefficient (Wildman–Crippen LogP) is 4.77. The van der Waals surface area contributed by atoms with E-state index in [2.05, 4.69) is 4.98 Å². The Morgan fingerprint density at radius 3 is 2.57 bits per heavy atom. The van der Waals surface area contributed by atoms with Gasteiger partial charge in [-0.2, -0.15) is 0 Å². The van der Waals surface area contributed by atoms with E-state index in [1.165, 1.54) is 29.5 Å². The summed E-state index contributed by atoms with van der Waals surface area (Å²) >= 11 is 7.59. The Morgan fingerprint density at radius 1 is 1.23 bits per heavy atom. The van der Waals surface area contributed by atoms with Crippen molar-refractivity contribution in [2.24, 2.45) is 0 Å². The van der Waals surface area contributed by atoms with Crippen LogP contribution in [-0.4, -0.2) is 47.9 Å². The monoisotopic (exact) mass is 444 g/mol. The average Bonchev–Trinajstić information content (AvgIpc) is 3.10. The summed E-state index contributed by atoms with van der Waals surface area (Å²) in [4.78, 5) is 31.6. The molecule has 0 radical (unpaired) electrons. The summed E-state index contributed by atoms with van der Waals surface area (Å²) in [5.41, 5.74) is 2.51. The van der Waals surface area contributed by atoms with Gasteiger partial charge in [0.1, 0.15) is 0 Å². The number of hydrogen-bond donors (Lipinski definition) is 0. The maximum atomic E-state index is 13.0. The highest BCUT2D eigenvalue weighted by atomic mass is 35.5. The Morgan fingerprint density at radius 2 is 1.93 bits per heavy atom. The molecule has 0 N–H and O–H groups in total. The summed E-state index contributed by atoms with van der Waals surface area (Å²) < 4.78 is 0.928. The number of aromatic nitrogens is 1. The molecule has 3 aromatic rings. The highest BCUT2D eigenvalue weighted by Crippen LogP contribution is 2.33. The van der Waals surface area contributed by atoms with Gasteiger partial charge in [0, 0.05) is 36.3 Å². The number of non-ortho nitro benzene ring substituents is 1. The number of hydrogen-bond acceptors (Lipinski definition) is 6. The summed E-state index contributed by atoms with van der Waals surface area (Å²) in [6.07, 6.45) is 3.10. The molecule has 30 heavy (non-hydrogen) atoms. The van der Waals surface area contributed by atoms with Gasteiger partial charge in [0.05, 0.1) is 15.1 Å². The number of rotatable bonds is 7. The zero-order valence-electron chi connectivity index (χ0n) is 16.8. The zero-order chi connectivity index (χ0) is 21.8. The van der Waals surface area contributed by atoms with Crippen LogP contribution in [0.2, 0.25) is 5.02 Å². The number of thiazole rings is 1. The smallest absolute Gasteiger partial charge is 0.269 e. The summed E-state index contributed by atoms with van der Waals surface area (Å²) in [5, 5.41) is 12.0. The fraction of sp³-hybridized carbons (Fsp3) is 0.238. The lowest BCUT2D eigenvalue weighted by Crippen LogP contribution is -2.35. The van der Waals surface area contributed by atoms with Gasteiger partial charge in [-0.3, -0.25) is 19.8 Å². The topological polar surface area (TPSA) is 79.6 Å². The van der Waals surface area contributed by atoms with Gasteiger partial charge in [-0.15, -0.1) is 0 Å². The third-order valence-electron chi connectivity index (χ3n) is 4.43. The summed E-state index contributed by atoms with van der Waals surface area (Å²) in [6, 6.07) is 9.74. The van der Waals surface area contributed by atoms with E-state index in [0.29, 0.717) is 28.8 Å². The first-order valence-corrected chi connectivity index (χ1v) is 10.4. The lowest BCUT2D eigenvalue weighted by Gasteiger charge is -2.20. The molecule has 0 spiro atoms. The van der Waals surface area contributed by atoms with Gasteiger partial charge in [-0.1, -0.05) is 22.9 Å². The van der Waals surface area contributed by atoms with Gasteiger partial charge in [0.2, 0.25) is 0 Å². The molecule has 2 aromatic carbocycles. The molecule has 0 bridgehead atoms. The SMILES string of the molecule is Cc1cc(Cl)cc2sc(N(CCN(C)C)C(=O)/C=C/c3ccc([N+](=O)[O-])cc3)nc12. The third kappa shape index (κ3) is 5.21. The molecule has 1 aromatic heterocycles. The quantitative estimate of drug-likeness (QED) is 0.298. The van der Waals surface area contributed by atoms with E-state index in [9.17, 15) is 14.9 Å². The number of nitro groups is 1. The number of carbonyl (C=O) groups is 1. The Labute approximate surface area is 183 Å². The van der Waals surface area contributed by atoms with Crippen LogP contribution in [0.25, 0.3) is 16.3 Å². The minimum absolute atomic E-state index is 0.00888. The Kier molecular flexibility index (Phi) is 6.81. The van der Waals surface area contributed by atoms with Crippen LogP contribution in [0.15, 0.2) is 42.5 Å². The van der Waals surface area contributed by atoms with E-state index in [4.69, 9.17) is 11.6 Å². The highest BCUT2D eigenvalue weighted by molar-refractivity contribution is 7.22. The van der Waals surface area contributed by atoms with Crippen LogP contribution >= 0.6 is 22.9 Å². The number of carbonyl (C=O) groups excluding carboxylic acids is 1. The summed E-state index contributed by atoms with van der Waals surface area (Å²) in [7, 11) is 3.88. The fourth-order valence-electron chi connectivity index (χ4n) is 2.82. The van der Waals surface area contributed by atoms with E-state index in [1.54, 1.807) is 23.1 Å². The second-order valence-corrected chi connectivity index (χ2v) is 8.49. The second-order valence-electron chi connectivity index (χ2n) is 7.04. The van der Waals surface area contributed by atoms with Crippen molar-refractivity contribution in [3.63, 3.8) is 0 Å². The molecule has 0 aliphatic rings. The van der Waals surface area contributed by atoms with Crippen LogP contribution in [0.3, 0.4) is 0 Å². The van der Waals surface area contributed by atoms with Crippen LogP contribution in [0.1, 0.15) is 11.1 Å². The predicted molar refractivity (Wildman–Crippen MR) is 122 cm³/mol. The van der Waals surface area contributed by atoms with Crippen molar-refractivity contribution in [2.45, 2.75) is 6.92 Å². The highest BCUT2D eigenvalue weighted by Gasteiger charge is 2.19. The standard InChI is InChI=1S/C21H21ClN4O3S/c1-14-12-16(22)13-18-20(14)23-21(30-18)25(11-10-24(2)3)19(27)9-6-15-4-7-17(8-5-15)26(28)29/h4-9,12-13H,10-11H2,1-3H3/b9-6+. The fourth-order valence-corrected chi connectivity index (χ4v) is 4.27. The lowest BCUT2D eigenvalue weighted by atomic mass is 10.2. The van der Waals surface area contributed by atoms with Gasteiger partial charge in [-0.25, -0.2) is 4.98 Å². The van der Waals surface area contributed by atoms with E-state index in [1.807, 2.05) is 38.1 Å². The largest absolute Gasteiger partial charge is 0.308 e. The summed E-state index contributed by atoms with van der Waals surface area (Å²) in [6.45, 7) is 3.09. The minimum Gasteiger partial charge on any atom is -0.308 e. The molecule has 0 aliphatic heterocycles. The zero-order valence-corrected chi connectivity index (χ0v) is 18.4. The maximum Gasteiger partial charge on any atom is 0.269 e. The first-order valence-electron chi connectivity index (χ1n) is 9.20. The van der Waals surface area contributed by atoms with Gasteiger partial charge >= 0.3 is 0 Å². The minimum atomic E-state index is -0.455. The number of amides is 1. The van der Waals surface area contributed by atoms with Crippen molar-refractivity contribution in [3.05, 3.63) is 68.7 Å². The van der Waals surface area contributed by atoms with E-state index in [-0.39, 0.29) is 11.6 Å². The average molecular weight is 445 g/mol. The molecule has 0 saturated carbocycles. The molecule has 0 unspecified atom stereocenters. The first-order chi connectivity index (χ1) is 14.2. The Balaban J connectivity index is 1.88. The Bertz CT molecular complexity index is 1110. The van der Waals surface area contributed by atoms with Crippen molar-refractivity contribution in [3.8, 4) is 0 Å². The number of nitrogens with zero attached hydrogens (tertiary/aromatic N) is 4. The number of likely N-dealkylation sites (N-methyl/N-ethyl adjacent to an activating group) is 1. The first kappa shape index (κ1) is 21.9. The van der Waals surface area contributed by atoms with Crippen molar-refractivity contribution >= 4 is 56.0 Å². The van der Waals surface area contributed by atoms with Crippen molar-refractivity contribution in [2.75, 3.05) is 32.1 Å². The van der Waals surface area contributed by atoms with Crippen LogP contribution in [0.4, 0.5) is 10.8 Å².